The van der Waals surface area contributed by atoms with E-state index in [2.05, 4.69) is 30.5 Å². The van der Waals surface area contributed by atoms with Crippen LogP contribution in [-0.2, 0) is 11.3 Å². The van der Waals surface area contributed by atoms with Crippen molar-refractivity contribution in [3.8, 4) is 11.3 Å². The predicted octanol–water partition coefficient (Wildman–Crippen LogP) is 3.58. The van der Waals surface area contributed by atoms with Gasteiger partial charge in [0.1, 0.15) is 18.1 Å². The number of urea groups is 1. The highest BCUT2D eigenvalue weighted by Crippen LogP contribution is 2.28. The molecule has 2 heterocycles. The number of carbonyl (C=O) groups excluding carboxylic acids is 2. The van der Waals surface area contributed by atoms with E-state index in [-0.39, 0.29) is 13.1 Å². The van der Waals surface area contributed by atoms with Crippen LogP contribution >= 0.6 is 0 Å². The minimum absolute atomic E-state index is 0.0887. The molecule has 12 heteroatoms. The van der Waals surface area contributed by atoms with Gasteiger partial charge in [0.25, 0.3) is 0 Å². The van der Waals surface area contributed by atoms with Crippen molar-refractivity contribution in [3.63, 3.8) is 0 Å². The first kappa shape index (κ1) is 17.5. The third kappa shape index (κ3) is 4.23. The smallest absolute Gasteiger partial charge is 0.344 e. The number of nitrogens with one attached hydrogen (secondary N) is 1. The van der Waals surface area contributed by atoms with Crippen LogP contribution < -0.4 is 5.32 Å². The largest absolute Gasteiger partial charge is 0.455 e. The van der Waals surface area contributed by atoms with Gasteiger partial charge in [0.2, 0.25) is 5.91 Å². The van der Waals surface area contributed by atoms with Gasteiger partial charge >= 0.3 is 6.03 Å². The van der Waals surface area contributed by atoms with E-state index < -0.39 is 11.9 Å². The average molecular weight is 365 g/mol. The van der Waals surface area contributed by atoms with Crippen molar-refractivity contribution < 1.29 is 14.0 Å². The normalized spacial score (nSPS) is 13.4. The van der Waals surface area contributed by atoms with E-state index in [0.29, 0.717) is 28.3 Å². The number of carbonyl (C=O) groups is 2. The second-order valence-electron chi connectivity index (χ2n) is 5.32. The van der Waals surface area contributed by atoms with Crippen LogP contribution in [0.15, 0.2) is 50.1 Å². The van der Waals surface area contributed by atoms with E-state index in [1.807, 2.05) is 0 Å². The maximum Gasteiger partial charge on any atom is 0.344 e. The standard InChI is InChI=1S/C15H11N9O3/c16-22-18-6-9-3-10(5-11(4-9)21-23-17)13-2-1-12(27-13)7-19-24-8-14(25)20-15(24)26/h1-5,7H,6,8H2,(H,20,25,26)/b19-7+. The van der Waals surface area contributed by atoms with Gasteiger partial charge in [0, 0.05) is 21.1 Å². The number of azide groups is 2. The molecule has 0 bridgehead atoms. The number of amides is 3. The summed E-state index contributed by atoms with van der Waals surface area (Å²) in [5, 5.41) is 14.0. The Kier molecular flexibility index (Phi) is 5.03. The highest BCUT2D eigenvalue weighted by molar-refractivity contribution is 6.02. The summed E-state index contributed by atoms with van der Waals surface area (Å²) in [7, 11) is 0. The zero-order chi connectivity index (χ0) is 19.2. The lowest BCUT2D eigenvalue weighted by molar-refractivity contribution is -0.118. The van der Waals surface area contributed by atoms with Crippen molar-refractivity contribution in [3.05, 3.63) is 62.5 Å². The lowest BCUT2D eigenvalue weighted by atomic mass is 10.1. The van der Waals surface area contributed by atoms with Gasteiger partial charge in [0.05, 0.1) is 12.8 Å². The Morgan fingerprint density at radius 1 is 1.22 bits per heavy atom. The van der Waals surface area contributed by atoms with Crippen molar-refractivity contribution in [1.29, 1.82) is 0 Å². The van der Waals surface area contributed by atoms with Crippen LogP contribution in [0.2, 0.25) is 0 Å². The number of nitrogens with zero attached hydrogens (tertiary/aromatic N) is 8. The topological polar surface area (TPSA) is 172 Å². The first-order valence-electron chi connectivity index (χ1n) is 7.54. The molecule has 1 aliphatic rings. The molecule has 0 spiro atoms. The molecule has 12 nitrogen and oxygen atoms in total. The van der Waals surface area contributed by atoms with E-state index in [1.165, 1.54) is 6.21 Å². The highest BCUT2D eigenvalue weighted by atomic mass is 16.3. The molecule has 2 aromatic rings. The molecule has 27 heavy (non-hydrogen) atoms. The monoisotopic (exact) mass is 365 g/mol. The minimum Gasteiger partial charge on any atom is -0.455 e. The van der Waals surface area contributed by atoms with Crippen LogP contribution in [0, 0.1) is 0 Å². The molecule has 1 saturated heterocycles. The van der Waals surface area contributed by atoms with E-state index in [4.69, 9.17) is 15.5 Å². The highest BCUT2D eigenvalue weighted by Gasteiger charge is 2.26. The molecule has 0 atom stereocenters. The van der Waals surface area contributed by atoms with Crippen molar-refractivity contribution >= 4 is 23.8 Å². The van der Waals surface area contributed by atoms with Crippen molar-refractivity contribution in [2.75, 3.05) is 6.54 Å². The number of furan rings is 1. The van der Waals surface area contributed by atoms with Crippen molar-refractivity contribution in [2.45, 2.75) is 6.54 Å². The van der Waals surface area contributed by atoms with Crippen LogP contribution in [-0.4, -0.2) is 29.7 Å². The third-order valence-corrected chi connectivity index (χ3v) is 3.46. The van der Waals surface area contributed by atoms with Gasteiger partial charge in [-0.3, -0.25) is 10.1 Å². The lowest BCUT2D eigenvalue weighted by Crippen LogP contribution is -2.24. The van der Waals surface area contributed by atoms with Crippen LogP contribution in [0.5, 0.6) is 0 Å². The molecule has 3 amide bonds. The maximum atomic E-state index is 11.4. The summed E-state index contributed by atoms with van der Waals surface area (Å²) in [5.41, 5.74) is 18.7. The van der Waals surface area contributed by atoms with Crippen LogP contribution in [0.4, 0.5) is 10.5 Å². The molecule has 0 saturated carbocycles. The quantitative estimate of drug-likeness (QED) is 0.271. The fourth-order valence-corrected chi connectivity index (χ4v) is 2.36. The molecule has 0 aliphatic carbocycles. The summed E-state index contributed by atoms with van der Waals surface area (Å²) in [6, 6.07) is 7.65. The minimum atomic E-state index is -0.604. The second-order valence-corrected chi connectivity index (χ2v) is 5.32. The fraction of sp³-hybridized carbons (Fsp3) is 0.133. The van der Waals surface area contributed by atoms with Gasteiger partial charge in [0.15, 0.2) is 0 Å². The van der Waals surface area contributed by atoms with E-state index in [0.717, 1.165) is 5.01 Å². The molecular formula is C15H11N9O3. The Hall–Kier alpha value is -4.27. The van der Waals surface area contributed by atoms with Crippen LogP contribution in [0.1, 0.15) is 11.3 Å². The van der Waals surface area contributed by atoms with Crippen LogP contribution in [0.3, 0.4) is 0 Å². The molecule has 0 unspecified atom stereocenters. The van der Waals surface area contributed by atoms with E-state index in [1.54, 1.807) is 30.3 Å². The number of hydrogen-bond acceptors (Lipinski definition) is 6. The Morgan fingerprint density at radius 3 is 2.78 bits per heavy atom. The molecule has 1 aromatic carbocycles. The van der Waals surface area contributed by atoms with Gasteiger partial charge in [-0.1, -0.05) is 10.2 Å². The van der Waals surface area contributed by atoms with Crippen LogP contribution in [0.25, 0.3) is 32.2 Å². The van der Waals surface area contributed by atoms with Gasteiger partial charge in [-0.05, 0) is 47.0 Å². The molecule has 0 radical (unpaired) electrons. The Bertz CT molecular complexity index is 1030. The summed E-state index contributed by atoms with van der Waals surface area (Å²) in [6.45, 7) is -0.0642. The number of hydrogen-bond donors (Lipinski definition) is 1. The van der Waals surface area contributed by atoms with E-state index >= 15 is 0 Å². The number of rotatable bonds is 6. The summed E-state index contributed by atoms with van der Waals surface area (Å²) in [4.78, 5) is 28.0. The molecule has 1 fully saturated rings. The summed E-state index contributed by atoms with van der Waals surface area (Å²) < 4.78 is 5.65. The lowest BCUT2D eigenvalue weighted by Gasteiger charge is -2.04. The number of hydrazone groups is 1. The number of benzene rings is 1. The Balaban J connectivity index is 1.85. The maximum absolute atomic E-state index is 11.4. The Labute approximate surface area is 151 Å². The number of imide groups is 1. The zero-order valence-electron chi connectivity index (χ0n) is 13.7. The SMILES string of the molecule is [N-]=[N+]=NCc1cc(N=[N+]=[N-])cc(-c2ccc(/C=N/N3CC(=O)NC3=O)o2)c1. The Morgan fingerprint density at radius 2 is 2.07 bits per heavy atom. The van der Waals surface area contributed by atoms with E-state index in [9.17, 15) is 9.59 Å². The first-order valence-corrected chi connectivity index (χ1v) is 7.54. The summed E-state index contributed by atoms with van der Waals surface area (Å²) >= 11 is 0. The third-order valence-electron chi connectivity index (χ3n) is 3.46. The van der Waals surface area contributed by atoms with Crippen molar-refractivity contribution in [1.82, 2.24) is 10.3 Å². The molecule has 134 valence electrons. The van der Waals surface area contributed by atoms with Gasteiger partial charge in [-0.2, -0.15) is 5.10 Å². The zero-order valence-corrected chi connectivity index (χ0v) is 13.7. The van der Waals surface area contributed by atoms with Gasteiger partial charge in [-0.25, -0.2) is 9.80 Å². The fourth-order valence-electron chi connectivity index (χ4n) is 2.36. The molecule has 1 N–H and O–H groups in total. The predicted molar refractivity (Wildman–Crippen MR) is 93.6 cm³/mol. The molecule has 1 aliphatic heterocycles. The van der Waals surface area contributed by atoms with Crippen molar-refractivity contribution in [2.24, 2.45) is 15.3 Å². The van der Waals surface area contributed by atoms with Gasteiger partial charge < -0.3 is 4.42 Å². The molecule has 1 aromatic heterocycles. The second kappa shape index (κ2) is 7.74. The molecular weight excluding hydrogens is 354 g/mol. The first-order chi connectivity index (χ1) is 13.1. The summed E-state index contributed by atoms with van der Waals surface area (Å²) in [6.07, 6.45) is 1.31. The molecule has 3 rings (SSSR count). The summed E-state index contributed by atoms with van der Waals surface area (Å²) in [5.74, 6) is 0.373. The van der Waals surface area contributed by atoms with Gasteiger partial charge in [-0.15, -0.1) is 0 Å². The average Bonchev–Trinajstić information content (AvgIpc) is 3.24.